The molecule has 1 atom stereocenters. The number of hydrogen-bond donors (Lipinski definition) is 1. The third-order valence-corrected chi connectivity index (χ3v) is 1.79. The summed E-state index contributed by atoms with van der Waals surface area (Å²) in [4.78, 5) is 10.6. The second kappa shape index (κ2) is 2.93. The van der Waals surface area contributed by atoms with E-state index in [1.54, 1.807) is 0 Å². The number of alkyl halides is 3. The van der Waals surface area contributed by atoms with Crippen molar-refractivity contribution in [2.24, 2.45) is 0 Å². The lowest BCUT2D eigenvalue weighted by molar-refractivity contribution is -0.183. The highest BCUT2D eigenvalue weighted by molar-refractivity contribution is 5.77. The molecule has 0 radical (unpaired) electrons. The highest BCUT2D eigenvalue weighted by Gasteiger charge is 2.42. The van der Waals surface area contributed by atoms with Gasteiger partial charge in [-0.25, -0.2) is 5.01 Å². The normalized spacial score (nSPS) is 22.5. The molecule has 1 rings (SSSR count). The Morgan fingerprint density at radius 3 is 2.50 bits per heavy atom. The molecule has 0 unspecified atom stereocenters. The topological polar surface area (TPSA) is 32.3 Å². The van der Waals surface area contributed by atoms with Gasteiger partial charge in [-0.2, -0.15) is 13.2 Å². The van der Waals surface area contributed by atoms with Crippen LogP contribution in [0.3, 0.4) is 0 Å². The third kappa shape index (κ3) is 1.88. The maximum Gasteiger partial charge on any atom is 0.405 e. The van der Waals surface area contributed by atoms with Gasteiger partial charge in [0.2, 0.25) is 5.91 Å². The predicted octanol–water partition coefficient (Wildman–Crippen LogP) is 0.674. The summed E-state index contributed by atoms with van der Waals surface area (Å²) in [6.45, 7) is 1.14. The Bertz CT molecular complexity index is 192. The van der Waals surface area contributed by atoms with E-state index < -0.39 is 12.2 Å². The lowest BCUT2D eigenvalue weighted by Crippen LogP contribution is -2.48. The summed E-state index contributed by atoms with van der Waals surface area (Å²) < 4.78 is 36.1. The van der Waals surface area contributed by atoms with Crippen molar-refractivity contribution >= 4 is 5.91 Å². The van der Waals surface area contributed by atoms with Crippen LogP contribution in [0.25, 0.3) is 0 Å². The van der Waals surface area contributed by atoms with Crippen LogP contribution in [-0.2, 0) is 4.79 Å². The van der Waals surface area contributed by atoms with Crippen molar-refractivity contribution in [2.45, 2.75) is 25.6 Å². The summed E-state index contributed by atoms with van der Waals surface area (Å²) in [5, 5.41) is 0.905. The molecular formula is C6H9F3N2O. The van der Waals surface area contributed by atoms with E-state index in [2.05, 4.69) is 5.43 Å². The molecule has 0 bridgehead atoms. The average Bonchev–Trinajstić information content (AvgIpc) is 2.32. The van der Waals surface area contributed by atoms with Crippen LogP contribution in [0.1, 0.15) is 13.3 Å². The lowest BCUT2D eigenvalue weighted by atomic mass is 10.3. The standard InChI is InChI=1S/C6H9F3N2O/c1-4(6(7,8)9)11-3-2-5(12)10-11/h4H,2-3H2,1H3,(H,10,12)/t4-/m0/s1. The quantitative estimate of drug-likeness (QED) is 0.646. The van der Waals surface area contributed by atoms with Gasteiger partial charge in [0.15, 0.2) is 0 Å². The van der Waals surface area contributed by atoms with Crippen LogP contribution >= 0.6 is 0 Å². The average molecular weight is 182 g/mol. The molecule has 12 heavy (non-hydrogen) atoms. The largest absolute Gasteiger partial charge is 0.405 e. The summed E-state index contributed by atoms with van der Waals surface area (Å²) in [6.07, 6.45) is -4.14. The maximum atomic E-state index is 12.0. The van der Waals surface area contributed by atoms with Crippen LogP contribution < -0.4 is 5.43 Å². The summed E-state index contributed by atoms with van der Waals surface area (Å²) in [6, 6.07) is -1.61. The van der Waals surface area contributed by atoms with Crippen molar-refractivity contribution in [2.75, 3.05) is 6.54 Å². The number of carbonyl (C=O) groups is 1. The lowest BCUT2D eigenvalue weighted by Gasteiger charge is -2.25. The molecule has 1 amide bonds. The monoisotopic (exact) mass is 182 g/mol. The van der Waals surface area contributed by atoms with Gasteiger partial charge in [0, 0.05) is 13.0 Å². The van der Waals surface area contributed by atoms with Crippen LogP contribution in [0.5, 0.6) is 0 Å². The van der Waals surface area contributed by atoms with Gasteiger partial charge >= 0.3 is 6.18 Å². The SMILES string of the molecule is C[C@H](N1CCC(=O)N1)C(F)(F)F. The molecule has 0 saturated carbocycles. The molecule has 0 aromatic heterocycles. The minimum Gasteiger partial charge on any atom is -0.288 e. The van der Waals surface area contributed by atoms with Gasteiger partial charge in [0.05, 0.1) is 0 Å². The maximum absolute atomic E-state index is 12.0. The zero-order chi connectivity index (χ0) is 9.35. The highest BCUT2D eigenvalue weighted by Crippen LogP contribution is 2.24. The number of carbonyl (C=O) groups excluding carboxylic acids is 1. The Hall–Kier alpha value is -0.780. The van der Waals surface area contributed by atoms with E-state index in [-0.39, 0.29) is 18.9 Å². The zero-order valence-corrected chi connectivity index (χ0v) is 6.48. The van der Waals surface area contributed by atoms with Crippen LogP contribution in [0.4, 0.5) is 13.2 Å². The Labute approximate surface area is 67.5 Å². The molecule has 1 heterocycles. The van der Waals surface area contributed by atoms with Gasteiger partial charge in [-0.1, -0.05) is 0 Å². The molecule has 6 heteroatoms. The molecule has 0 aromatic carbocycles. The van der Waals surface area contributed by atoms with Crippen molar-refractivity contribution in [3.63, 3.8) is 0 Å². The van der Waals surface area contributed by atoms with Crippen molar-refractivity contribution in [1.82, 2.24) is 10.4 Å². The molecule has 0 aromatic rings. The van der Waals surface area contributed by atoms with Crippen LogP contribution in [0.15, 0.2) is 0 Å². The van der Waals surface area contributed by atoms with Crippen LogP contribution in [0.2, 0.25) is 0 Å². The molecule has 1 aliphatic heterocycles. The molecular weight excluding hydrogens is 173 g/mol. The third-order valence-electron chi connectivity index (χ3n) is 1.79. The number of rotatable bonds is 1. The number of nitrogens with zero attached hydrogens (tertiary/aromatic N) is 1. The second-order valence-corrected chi connectivity index (χ2v) is 2.70. The van der Waals surface area contributed by atoms with Gasteiger partial charge in [0.1, 0.15) is 6.04 Å². The minimum atomic E-state index is -4.28. The van der Waals surface area contributed by atoms with Crippen molar-refractivity contribution in [3.8, 4) is 0 Å². The first kappa shape index (κ1) is 9.31. The van der Waals surface area contributed by atoms with Gasteiger partial charge in [-0.15, -0.1) is 0 Å². The fourth-order valence-electron chi connectivity index (χ4n) is 0.961. The van der Waals surface area contributed by atoms with Gasteiger partial charge in [-0.05, 0) is 6.92 Å². The first-order valence-corrected chi connectivity index (χ1v) is 3.54. The molecule has 70 valence electrons. The molecule has 1 aliphatic rings. The number of hydrogen-bond acceptors (Lipinski definition) is 2. The van der Waals surface area contributed by atoms with Crippen molar-refractivity contribution in [3.05, 3.63) is 0 Å². The van der Waals surface area contributed by atoms with E-state index in [1.807, 2.05) is 0 Å². The van der Waals surface area contributed by atoms with Crippen LogP contribution in [0, 0.1) is 0 Å². The second-order valence-electron chi connectivity index (χ2n) is 2.70. The fourth-order valence-corrected chi connectivity index (χ4v) is 0.961. The van der Waals surface area contributed by atoms with E-state index in [4.69, 9.17) is 0 Å². The summed E-state index contributed by atoms with van der Waals surface area (Å²) in [7, 11) is 0. The summed E-state index contributed by atoms with van der Waals surface area (Å²) >= 11 is 0. The van der Waals surface area contributed by atoms with Gasteiger partial charge < -0.3 is 0 Å². The summed E-state index contributed by atoms with van der Waals surface area (Å²) in [5.74, 6) is -0.355. The van der Waals surface area contributed by atoms with E-state index >= 15 is 0 Å². The number of amides is 1. The number of hydrazine groups is 1. The molecule has 0 spiro atoms. The first-order valence-electron chi connectivity index (χ1n) is 3.54. The fraction of sp³-hybridized carbons (Fsp3) is 0.833. The first-order chi connectivity index (χ1) is 5.41. The van der Waals surface area contributed by atoms with E-state index in [0.717, 1.165) is 11.9 Å². The Morgan fingerprint density at radius 1 is 1.58 bits per heavy atom. The Kier molecular flexibility index (Phi) is 2.27. The van der Waals surface area contributed by atoms with Crippen molar-refractivity contribution < 1.29 is 18.0 Å². The molecule has 3 nitrogen and oxygen atoms in total. The molecule has 1 N–H and O–H groups in total. The molecule has 0 aliphatic carbocycles. The predicted molar refractivity (Wildman–Crippen MR) is 35.0 cm³/mol. The number of nitrogens with one attached hydrogen (secondary N) is 1. The minimum absolute atomic E-state index is 0.125. The van der Waals surface area contributed by atoms with Crippen molar-refractivity contribution in [1.29, 1.82) is 0 Å². The number of halogens is 3. The van der Waals surface area contributed by atoms with Gasteiger partial charge in [0.25, 0.3) is 0 Å². The Balaban J connectivity index is 2.54. The zero-order valence-electron chi connectivity index (χ0n) is 6.48. The van der Waals surface area contributed by atoms with E-state index in [1.165, 1.54) is 0 Å². The highest BCUT2D eigenvalue weighted by atomic mass is 19.4. The van der Waals surface area contributed by atoms with Crippen LogP contribution in [-0.4, -0.2) is 29.7 Å². The van der Waals surface area contributed by atoms with Gasteiger partial charge in [-0.3, -0.25) is 10.2 Å². The van der Waals surface area contributed by atoms with E-state index in [9.17, 15) is 18.0 Å². The molecule has 1 saturated heterocycles. The van der Waals surface area contributed by atoms with E-state index in [0.29, 0.717) is 0 Å². The Morgan fingerprint density at radius 2 is 2.17 bits per heavy atom. The smallest absolute Gasteiger partial charge is 0.288 e. The molecule has 1 fully saturated rings. The summed E-state index contributed by atoms with van der Waals surface area (Å²) in [5.41, 5.74) is 2.13.